The van der Waals surface area contributed by atoms with Crippen molar-refractivity contribution in [2.75, 3.05) is 6.54 Å². The molecule has 1 aliphatic rings. The molecule has 0 aliphatic heterocycles. The van der Waals surface area contributed by atoms with Crippen LogP contribution in [0.1, 0.15) is 48.5 Å². The topological polar surface area (TPSA) is 64.9 Å². The van der Waals surface area contributed by atoms with Crippen LogP contribution in [0.15, 0.2) is 28.8 Å². The van der Waals surface area contributed by atoms with E-state index in [0.29, 0.717) is 6.54 Å². The second-order valence-electron chi connectivity index (χ2n) is 5.81. The van der Waals surface area contributed by atoms with E-state index in [-0.39, 0.29) is 5.41 Å². The van der Waals surface area contributed by atoms with Gasteiger partial charge in [0.05, 0.1) is 5.41 Å². The van der Waals surface area contributed by atoms with Crippen molar-refractivity contribution in [2.45, 2.75) is 44.4 Å². The van der Waals surface area contributed by atoms with Crippen LogP contribution in [-0.2, 0) is 11.8 Å². The van der Waals surface area contributed by atoms with Crippen LogP contribution in [0, 0.1) is 6.92 Å². The number of rotatable bonds is 4. The van der Waals surface area contributed by atoms with Crippen molar-refractivity contribution in [3.05, 3.63) is 47.1 Å². The average molecular weight is 271 g/mol. The molecule has 106 valence electrons. The molecule has 0 amide bonds. The fourth-order valence-corrected chi connectivity index (χ4v) is 3.08. The molecular weight excluding hydrogens is 250 g/mol. The van der Waals surface area contributed by atoms with Gasteiger partial charge in [-0.25, -0.2) is 0 Å². The Balaban J connectivity index is 1.82. The van der Waals surface area contributed by atoms with Crippen molar-refractivity contribution in [1.82, 2.24) is 10.1 Å². The van der Waals surface area contributed by atoms with Gasteiger partial charge >= 0.3 is 0 Å². The summed E-state index contributed by atoms with van der Waals surface area (Å²) in [4.78, 5) is 4.61. The number of benzene rings is 1. The van der Waals surface area contributed by atoms with Crippen molar-refractivity contribution >= 4 is 0 Å². The Hall–Kier alpha value is -1.68. The zero-order valence-electron chi connectivity index (χ0n) is 11.9. The van der Waals surface area contributed by atoms with Gasteiger partial charge in [0, 0.05) is 13.0 Å². The lowest BCUT2D eigenvalue weighted by molar-refractivity contribution is 0.283. The highest BCUT2D eigenvalue weighted by Crippen LogP contribution is 2.39. The summed E-state index contributed by atoms with van der Waals surface area (Å²) >= 11 is 0. The van der Waals surface area contributed by atoms with Crippen LogP contribution in [0.25, 0.3) is 0 Å². The highest BCUT2D eigenvalue weighted by Gasteiger charge is 2.39. The monoisotopic (exact) mass is 271 g/mol. The third kappa shape index (κ3) is 2.36. The summed E-state index contributed by atoms with van der Waals surface area (Å²) in [7, 11) is 0. The number of nitrogens with zero attached hydrogens (tertiary/aromatic N) is 2. The molecular formula is C16H21N3O. The summed E-state index contributed by atoms with van der Waals surface area (Å²) in [5.41, 5.74) is 8.39. The lowest BCUT2D eigenvalue weighted by Gasteiger charge is -2.21. The molecule has 4 nitrogen and oxygen atoms in total. The second-order valence-corrected chi connectivity index (χ2v) is 5.81. The van der Waals surface area contributed by atoms with Gasteiger partial charge in [-0.3, -0.25) is 0 Å². The van der Waals surface area contributed by atoms with Crippen molar-refractivity contribution in [3.63, 3.8) is 0 Å². The summed E-state index contributed by atoms with van der Waals surface area (Å²) in [6.07, 6.45) is 5.25. The summed E-state index contributed by atoms with van der Waals surface area (Å²) < 4.78 is 5.51. The second kappa shape index (κ2) is 5.37. The third-order valence-corrected chi connectivity index (χ3v) is 4.48. The van der Waals surface area contributed by atoms with Gasteiger partial charge in [0.25, 0.3) is 0 Å². The van der Waals surface area contributed by atoms with Crippen LogP contribution in [0.3, 0.4) is 0 Å². The van der Waals surface area contributed by atoms with E-state index in [1.54, 1.807) is 0 Å². The van der Waals surface area contributed by atoms with Crippen molar-refractivity contribution in [3.8, 4) is 0 Å². The van der Waals surface area contributed by atoms with Crippen molar-refractivity contribution < 1.29 is 4.52 Å². The number of aromatic nitrogens is 2. The molecule has 3 rings (SSSR count). The van der Waals surface area contributed by atoms with Crippen molar-refractivity contribution in [2.24, 2.45) is 5.73 Å². The maximum atomic E-state index is 5.96. The largest absolute Gasteiger partial charge is 0.339 e. The van der Waals surface area contributed by atoms with E-state index in [4.69, 9.17) is 10.3 Å². The van der Waals surface area contributed by atoms with Gasteiger partial charge in [-0.05, 0) is 30.9 Å². The summed E-state index contributed by atoms with van der Waals surface area (Å²) in [5.74, 6) is 1.50. The molecule has 1 heterocycles. The van der Waals surface area contributed by atoms with Crippen molar-refractivity contribution in [1.29, 1.82) is 0 Å². The van der Waals surface area contributed by atoms with Gasteiger partial charge < -0.3 is 10.3 Å². The highest BCUT2D eigenvalue weighted by molar-refractivity contribution is 5.28. The normalized spacial score (nSPS) is 17.5. The Morgan fingerprint density at radius 2 is 2.00 bits per heavy atom. The van der Waals surface area contributed by atoms with E-state index >= 15 is 0 Å². The van der Waals surface area contributed by atoms with Crippen LogP contribution in [-0.4, -0.2) is 16.7 Å². The molecule has 0 spiro atoms. The quantitative estimate of drug-likeness (QED) is 0.928. The minimum Gasteiger partial charge on any atom is -0.339 e. The van der Waals surface area contributed by atoms with Gasteiger partial charge in [0.15, 0.2) is 5.82 Å². The summed E-state index contributed by atoms with van der Waals surface area (Å²) in [6, 6.07) is 8.30. The van der Waals surface area contributed by atoms with Crippen LogP contribution < -0.4 is 5.73 Å². The van der Waals surface area contributed by atoms with E-state index in [9.17, 15) is 0 Å². The highest BCUT2D eigenvalue weighted by atomic mass is 16.5. The Morgan fingerprint density at radius 3 is 2.70 bits per heavy atom. The Kier molecular flexibility index (Phi) is 3.57. The Morgan fingerprint density at radius 1 is 1.25 bits per heavy atom. The van der Waals surface area contributed by atoms with Crippen LogP contribution in [0.2, 0.25) is 0 Å². The molecule has 1 aliphatic carbocycles. The van der Waals surface area contributed by atoms with Gasteiger partial charge in [0.1, 0.15) is 0 Å². The molecule has 2 N–H and O–H groups in total. The van der Waals surface area contributed by atoms with E-state index < -0.39 is 0 Å². The first-order valence-corrected chi connectivity index (χ1v) is 7.31. The molecule has 1 aromatic heterocycles. The predicted molar refractivity (Wildman–Crippen MR) is 77.5 cm³/mol. The zero-order chi connectivity index (χ0) is 14.0. The molecule has 20 heavy (non-hydrogen) atoms. The first-order valence-electron chi connectivity index (χ1n) is 7.31. The molecule has 0 atom stereocenters. The standard InChI is InChI=1S/C16H21N3O/c1-12-6-2-3-7-13(12)10-14-18-15(20-19-14)16(11-17)8-4-5-9-16/h2-3,6-7H,4-5,8-11,17H2,1H3. The lowest BCUT2D eigenvalue weighted by atomic mass is 9.86. The van der Waals surface area contributed by atoms with Crippen LogP contribution >= 0.6 is 0 Å². The van der Waals surface area contributed by atoms with Gasteiger partial charge in [-0.2, -0.15) is 4.98 Å². The van der Waals surface area contributed by atoms with E-state index in [1.165, 1.54) is 24.0 Å². The third-order valence-electron chi connectivity index (χ3n) is 4.48. The molecule has 1 aromatic carbocycles. The molecule has 1 saturated carbocycles. The minimum absolute atomic E-state index is 0.0724. The van der Waals surface area contributed by atoms with Crippen LogP contribution in [0.4, 0.5) is 0 Å². The molecule has 1 fully saturated rings. The fourth-order valence-electron chi connectivity index (χ4n) is 3.08. The fraction of sp³-hybridized carbons (Fsp3) is 0.500. The molecule has 0 radical (unpaired) electrons. The van der Waals surface area contributed by atoms with Gasteiger partial charge in [-0.15, -0.1) is 0 Å². The SMILES string of the molecule is Cc1ccccc1Cc1noc(C2(CN)CCCC2)n1. The van der Waals surface area contributed by atoms with Gasteiger partial charge in [0.2, 0.25) is 5.89 Å². The molecule has 2 aromatic rings. The molecule has 0 saturated heterocycles. The summed E-state index contributed by atoms with van der Waals surface area (Å²) in [5, 5.41) is 4.15. The smallest absolute Gasteiger partial charge is 0.234 e. The first-order chi connectivity index (χ1) is 9.73. The number of hydrogen-bond donors (Lipinski definition) is 1. The average Bonchev–Trinajstić information content (AvgIpc) is 3.11. The molecule has 0 bridgehead atoms. The maximum absolute atomic E-state index is 5.96. The van der Waals surface area contributed by atoms with Crippen LogP contribution in [0.5, 0.6) is 0 Å². The predicted octanol–water partition coefficient (Wildman–Crippen LogP) is 2.74. The Labute approximate surface area is 119 Å². The summed E-state index contributed by atoms with van der Waals surface area (Å²) in [6.45, 7) is 2.70. The number of nitrogens with two attached hydrogens (primary N) is 1. The van der Waals surface area contributed by atoms with E-state index in [0.717, 1.165) is 31.0 Å². The van der Waals surface area contributed by atoms with Gasteiger partial charge in [-0.1, -0.05) is 42.3 Å². The minimum atomic E-state index is -0.0724. The number of aryl methyl sites for hydroxylation is 1. The maximum Gasteiger partial charge on any atom is 0.234 e. The first kappa shape index (κ1) is 13.3. The lowest BCUT2D eigenvalue weighted by Crippen LogP contribution is -2.32. The molecule has 0 unspecified atom stereocenters. The Bertz CT molecular complexity index is 585. The van der Waals surface area contributed by atoms with E-state index in [1.807, 2.05) is 12.1 Å². The van der Waals surface area contributed by atoms with E-state index in [2.05, 4.69) is 29.2 Å². The zero-order valence-corrected chi connectivity index (χ0v) is 11.9. The number of hydrogen-bond acceptors (Lipinski definition) is 4. The molecule has 4 heteroatoms.